The summed E-state index contributed by atoms with van der Waals surface area (Å²) in [4.78, 5) is 84.0. The Balaban J connectivity index is -0.000000122. The van der Waals surface area contributed by atoms with Crippen molar-refractivity contribution in [2.75, 3.05) is 0 Å². The molecule has 0 amide bonds. The largest absolute Gasteiger partial charge is 4.00 e. The molecule has 9 heteroatoms. The van der Waals surface area contributed by atoms with Gasteiger partial charge in [0.15, 0.2) is 0 Å². The second kappa shape index (κ2) is 31.8. The molecular weight excluding hydrogens is 556 g/mol. The standard InChI is InChI=1S/4C7H11O2.Zr/c4*1-3-6(8)5-7(9)4-2;/h4*5H,3-4H2,1-2H3;/q4*-1;+4. The van der Waals surface area contributed by atoms with Gasteiger partial charge < -0.3 is 38.4 Å². The number of rotatable bonds is 16. The molecule has 0 rings (SSSR count). The maximum absolute atomic E-state index is 10.5. The van der Waals surface area contributed by atoms with E-state index in [0.717, 1.165) is 0 Å². The fraction of sp³-hybridized carbons (Fsp3) is 0.571. The van der Waals surface area contributed by atoms with Crippen LogP contribution in [0.1, 0.15) is 107 Å². The fourth-order valence-corrected chi connectivity index (χ4v) is 1.53. The van der Waals surface area contributed by atoms with Crippen molar-refractivity contribution in [2.24, 2.45) is 0 Å². The van der Waals surface area contributed by atoms with Crippen LogP contribution in [-0.4, -0.2) is 46.3 Å². The zero-order chi connectivity index (χ0) is 29.1. The molecule has 0 aromatic carbocycles. The summed E-state index contributed by atoms with van der Waals surface area (Å²) in [5.74, 6) is -0.653. The van der Waals surface area contributed by atoms with Gasteiger partial charge in [-0.15, -0.1) is 0 Å². The second-order valence-electron chi connectivity index (χ2n) is 7.14. The number of hydrogen-bond acceptors (Lipinski definition) is 8. The first-order chi connectivity index (χ1) is 16.8. The summed E-state index contributed by atoms with van der Waals surface area (Å²) in [5.41, 5.74) is 0. The molecule has 37 heavy (non-hydrogen) atoms. The minimum absolute atomic E-state index is 0. The van der Waals surface area contributed by atoms with Gasteiger partial charge in [0, 0.05) is 46.3 Å². The molecule has 0 unspecified atom stereocenters. The maximum Gasteiger partial charge on any atom is 4.00 e. The van der Waals surface area contributed by atoms with Gasteiger partial charge in [-0.3, -0.25) is 25.7 Å². The average Bonchev–Trinajstić information content (AvgIpc) is 2.88. The van der Waals surface area contributed by atoms with Crippen molar-refractivity contribution in [1.29, 1.82) is 0 Å². The molecule has 0 saturated heterocycles. The van der Waals surface area contributed by atoms with Crippen molar-refractivity contribution in [3.8, 4) is 0 Å². The van der Waals surface area contributed by atoms with Crippen LogP contribution in [-0.2, 0) is 64.6 Å². The summed E-state index contributed by atoms with van der Waals surface area (Å²) in [6, 6.07) is 0. The van der Waals surface area contributed by atoms with Crippen LogP contribution in [0.3, 0.4) is 0 Å². The molecule has 0 heterocycles. The molecule has 8 nitrogen and oxygen atoms in total. The first-order valence-electron chi connectivity index (χ1n) is 12.4. The molecule has 0 saturated carbocycles. The van der Waals surface area contributed by atoms with Crippen LogP contribution >= 0.6 is 0 Å². The molecule has 0 atom stereocenters. The maximum atomic E-state index is 10.5. The average molecular weight is 600 g/mol. The summed E-state index contributed by atoms with van der Waals surface area (Å²) in [6.45, 7) is 13.9. The molecule has 0 aromatic heterocycles. The Labute approximate surface area is 242 Å². The first kappa shape index (κ1) is 44.7. The summed E-state index contributed by atoms with van der Waals surface area (Å²) in [6.07, 6.45) is 8.05. The van der Waals surface area contributed by atoms with Gasteiger partial charge in [0.25, 0.3) is 0 Å². The van der Waals surface area contributed by atoms with Gasteiger partial charge in [-0.25, -0.2) is 0 Å². The number of ketones is 8. The van der Waals surface area contributed by atoms with Gasteiger partial charge in [-0.05, 0) is 51.4 Å². The normalized spacial score (nSPS) is 8.43. The number of carbonyl (C=O) groups is 8. The summed E-state index contributed by atoms with van der Waals surface area (Å²) < 4.78 is 0. The zero-order valence-corrected chi connectivity index (χ0v) is 26.2. The number of hydrogen-bond donors (Lipinski definition) is 0. The van der Waals surface area contributed by atoms with E-state index in [1.165, 1.54) is 25.7 Å². The Morgan fingerprint density at radius 2 is 0.378 bits per heavy atom. The predicted molar refractivity (Wildman–Crippen MR) is 140 cm³/mol. The van der Waals surface area contributed by atoms with Crippen molar-refractivity contribution in [3.63, 3.8) is 0 Å². The van der Waals surface area contributed by atoms with Crippen molar-refractivity contribution in [1.82, 2.24) is 0 Å². The quantitative estimate of drug-likeness (QED) is 0.186. The van der Waals surface area contributed by atoms with Crippen LogP contribution < -0.4 is 0 Å². The van der Waals surface area contributed by atoms with Gasteiger partial charge >= 0.3 is 26.2 Å². The molecule has 0 fully saturated rings. The molecule has 208 valence electrons. The topological polar surface area (TPSA) is 137 Å². The smallest absolute Gasteiger partial charge is 0.334 e. The fourth-order valence-electron chi connectivity index (χ4n) is 1.53. The number of Topliss-reactive ketones (excluding diaryl/α,β-unsaturated/α-hetero) is 8. The third-order valence-corrected chi connectivity index (χ3v) is 4.08. The van der Waals surface area contributed by atoms with E-state index in [9.17, 15) is 38.4 Å². The molecule has 0 spiro atoms. The molecule has 0 radical (unpaired) electrons. The van der Waals surface area contributed by atoms with Crippen LogP contribution in [0.2, 0.25) is 0 Å². The van der Waals surface area contributed by atoms with Gasteiger partial charge in [-0.1, -0.05) is 55.4 Å². The van der Waals surface area contributed by atoms with E-state index >= 15 is 0 Å². The third-order valence-electron chi connectivity index (χ3n) is 4.08. The second-order valence-corrected chi connectivity index (χ2v) is 7.14. The predicted octanol–water partition coefficient (Wildman–Crippen LogP) is 4.59. The molecule has 0 N–H and O–H groups in total. The zero-order valence-electron chi connectivity index (χ0n) is 23.7. The van der Waals surface area contributed by atoms with Crippen LogP contribution in [0, 0.1) is 25.7 Å². The Bertz CT molecular complexity index is 535. The van der Waals surface area contributed by atoms with E-state index in [-0.39, 0.29) is 72.5 Å². The van der Waals surface area contributed by atoms with E-state index in [0.29, 0.717) is 51.4 Å². The molecule has 0 aliphatic heterocycles. The Morgan fingerprint density at radius 3 is 0.432 bits per heavy atom. The molecule has 0 aliphatic rings. The molecule has 0 aliphatic carbocycles. The monoisotopic (exact) mass is 598 g/mol. The van der Waals surface area contributed by atoms with Gasteiger partial charge in [0.2, 0.25) is 0 Å². The Hall–Kier alpha value is -2.28. The van der Waals surface area contributed by atoms with Gasteiger partial charge in [-0.2, -0.15) is 0 Å². The first-order valence-corrected chi connectivity index (χ1v) is 12.4. The Morgan fingerprint density at radius 1 is 0.297 bits per heavy atom. The summed E-state index contributed by atoms with van der Waals surface area (Å²) in [5, 5.41) is 0. The SMILES string of the molecule is CCC(=O)[CH-]C(=O)CC.CCC(=O)[CH-]C(=O)CC.CCC(=O)[CH-]C(=O)CC.CCC(=O)[CH-]C(=O)CC.[Zr+4]. The van der Waals surface area contributed by atoms with Crippen molar-refractivity contribution >= 4 is 46.3 Å². The van der Waals surface area contributed by atoms with Gasteiger partial charge in [0.05, 0.1) is 0 Å². The van der Waals surface area contributed by atoms with Crippen LogP contribution in [0.4, 0.5) is 0 Å². The minimum Gasteiger partial charge on any atom is -0.334 e. The van der Waals surface area contributed by atoms with Crippen LogP contribution in [0.15, 0.2) is 0 Å². The summed E-state index contributed by atoms with van der Waals surface area (Å²) >= 11 is 0. The minimum atomic E-state index is -0.0816. The van der Waals surface area contributed by atoms with E-state index in [4.69, 9.17) is 0 Å². The van der Waals surface area contributed by atoms with E-state index in [2.05, 4.69) is 0 Å². The molecular formula is C28H44O8Zr. The van der Waals surface area contributed by atoms with E-state index < -0.39 is 0 Å². The van der Waals surface area contributed by atoms with Crippen LogP contribution in [0.25, 0.3) is 0 Å². The third kappa shape index (κ3) is 38.4. The van der Waals surface area contributed by atoms with Crippen LogP contribution in [0.5, 0.6) is 0 Å². The van der Waals surface area contributed by atoms with E-state index in [1.807, 2.05) is 0 Å². The Kier molecular flexibility index (Phi) is 38.4. The van der Waals surface area contributed by atoms with Gasteiger partial charge in [0.1, 0.15) is 0 Å². The molecule has 0 bridgehead atoms. The van der Waals surface area contributed by atoms with Crippen molar-refractivity contribution < 1.29 is 64.6 Å². The van der Waals surface area contributed by atoms with Crippen molar-refractivity contribution in [2.45, 2.75) is 107 Å². The summed E-state index contributed by atoms with van der Waals surface area (Å²) in [7, 11) is 0. The van der Waals surface area contributed by atoms with E-state index in [1.54, 1.807) is 55.4 Å². The number of carbonyl (C=O) groups excluding carboxylic acids is 8. The molecule has 0 aromatic rings. The van der Waals surface area contributed by atoms with Crippen molar-refractivity contribution in [3.05, 3.63) is 25.7 Å².